The maximum atomic E-state index is 12.0. The minimum absolute atomic E-state index is 0.0594. The van der Waals surface area contributed by atoms with E-state index >= 15 is 0 Å². The van der Waals surface area contributed by atoms with Gasteiger partial charge in [0.2, 0.25) is 0 Å². The number of aromatic nitrogens is 1. The SMILES string of the molecule is CC1CCC(CNC(=O)c2ncccc2O)(C(=O)O)CC1. The summed E-state index contributed by atoms with van der Waals surface area (Å²) >= 11 is 0. The molecule has 1 saturated carbocycles. The van der Waals surface area contributed by atoms with Crippen LogP contribution in [0.4, 0.5) is 0 Å². The van der Waals surface area contributed by atoms with Crippen LogP contribution in [0.1, 0.15) is 43.1 Å². The molecular formula is C15H20N2O4. The second kappa shape index (κ2) is 6.11. The number of carboxylic acid groups (broad SMARTS) is 1. The molecule has 1 aromatic heterocycles. The lowest BCUT2D eigenvalue weighted by atomic mass is 9.71. The standard InChI is InChI=1S/C15H20N2O4/c1-10-4-6-15(7-5-10,14(20)21)9-17-13(19)12-11(18)3-2-8-16-12/h2-3,8,10,18H,4-7,9H2,1H3,(H,17,19)(H,20,21). The Morgan fingerprint density at radius 3 is 2.67 bits per heavy atom. The number of carboxylic acids is 1. The number of hydrogen-bond donors (Lipinski definition) is 3. The van der Waals surface area contributed by atoms with Gasteiger partial charge < -0.3 is 15.5 Å². The minimum Gasteiger partial charge on any atom is -0.505 e. The monoisotopic (exact) mass is 292 g/mol. The lowest BCUT2D eigenvalue weighted by Gasteiger charge is -2.35. The molecule has 2 rings (SSSR count). The van der Waals surface area contributed by atoms with Crippen LogP contribution in [0.5, 0.6) is 5.75 Å². The summed E-state index contributed by atoms with van der Waals surface area (Å²) in [6, 6.07) is 2.89. The first-order chi connectivity index (χ1) is 9.94. The highest BCUT2D eigenvalue weighted by atomic mass is 16.4. The molecule has 0 spiro atoms. The number of hydrogen-bond acceptors (Lipinski definition) is 4. The number of aromatic hydroxyl groups is 1. The summed E-state index contributed by atoms with van der Waals surface area (Å²) in [6.07, 6.45) is 4.20. The number of nitrogens with zero attached hydrogens (tertiary/aromatic N) is 1. The average Bonchev–Trinajstić information content (AvgIpc) is 2.47. The molecule has 114 valence electrons. The maximum absolute atomic E-state index is 12.0. The van der Waals surface area contributed by atoms with Gasteiger partial charge in [0.15, 0.2) is 5.69 Å². The Kier molecular flexibility index (Phi) is 4.45. The number of rotatable bonds is 4. The van der Waals surface area contributed by atoms with Crippen molar-refractivity contribution in [1.82, 2.24) is 10.3 Å². The van der Waals surface area contributed by atoms with Gasteiger partial charge in [0.1, 0.15) is 5.75 Å². The predicted molar refractivity (Wildman–Crippen MR) is 75.9 cm³/mol. The van der Waals surface area contributed by atoms with Crippen molar-refractivity contribution in [2.45, 2.75) is 32.6 Å². The zero-order chi connectivity index (χ0) is 15.5. The largest absolute Gasteiger partial charge is 0.505 e. The molecule has 6 nitrogen and oxygen atoms in total. The van der Waals surface area contributed by atoms with E-state index in [0.717, 1.165) is 12.8 Å². The van der Waals surface area contributed by atoms with Gasteiger partial charge in [-0.05, 0) is 43.7 Å². The maximum Gasteiger partial charge on any atom is 0.311 e. The molecule has 21 heavy (non-hydrogen) atoms. The Bertz CT molecular complexity index is 536. The van der Waals surface area contributed by atoms with Gasteiger partial charge in [-0.25, -0.2) is 4.98 Å². The number of nitrogens with one attached hydrogen (secondary N) is 1. The molecule has 0 atom stereocenters. The molecule has 1 aromatic rings. The summed E-state index contributed by atoms with van der Waals surface area (Å²) in [7, 11) is 0. The first-order valence-electron chi connectivity index (χ1n) is 7.10. The van der Waals surface area contributed by atoms with E-state index < -0.39 is 17.3 Å². The fourth-order valence-electron chi connectivity index (χ4n) is 2.69. The van der Waals surface area contributed by atoms with E-state index in [1.54, 1.807) is 0 Å². The van der Waals surface area contributed by atoms with Crippen molar-refractivity contribution in [2.75, 3.05) is 6.54 Å². The van der Waals surface area contributed by atoms with Gasteiger partial charge in [-0.1, -0.05) is 6.92 Å². The van der Waals surface area contributed by atoms with Gasteiger partial charge in [0.05, 0.1) is 5.41 Å². The van der Waals surface area contributed by atoms with Crippen molar-refractivity contribution < 1.29 is 19.8 Å². The molecule has 1 fully saturated rings. The molecule has 1 aliphatic rings. The van der Waals surface area contributed by atoms with E-state index in [1.165, 1.54) is 18.3 Å². The van der Waals surface area contributed by atoms with Gasteiger partial charge in [-0.3, -0.25) is 9.59 Å². The van der Waals surface area contributed by atoms with E-state index in [1.807, 2.05) is 0 Å². The number of carbonyl (C=O) groups is 2. The molecule has 6 heteroatoms. The first kappa shape index (κ1) is 15.3. The van der Waals surface area contributed by atoms with Crippen molar-refractivity contribution in [3.8, 4) is 5.75 Å². The zero-order valence-corrected chi connectivity index (χ0v) is 12.0. The van der Waals surface area contributed by atoms with E-state index in [2.05, 4.69) is 17.2 Å². The first-order valence-corrected chi connectivity index (χ1v) is 7.10. The van der Waals surface area contributed by atoms with Crippen molar-refractivity contribution >= 4 is 11.9 Å². The van der Waals surface area contributed by atoms with Crippen LogP contribution in [0.2, 0.25) is 0 Å². The quantitative estimate of drug-likeness (QED) is 0.785. The molecule has 0 aliphatic heterocycles. The van der Waals surface area contributed by atoms with Crippen LogP contribution in [-0.4, -0.2) is 33.6 Å². The third kappa shape index (κ3) is 3.32. The highest BCUT2D eigenvalue weighted by Crippen LogP contribution is 2.38. The van der Waals surface area contributed by atoms with Gasteiger partial charge in [-0.15, -0.1) is 0 Å². The number of aliphatic carboxylic acids is 1. The Labute approximate surface area is 123 Å². The third-order valence-electron chi connectivity index (χ3n) is 4.27. The third-order valence-corrected chi connectivity index (χ3v) is 4.27. The Morgan fingerprint density at radius 2 is 2.10 bits per heavy atom. The molecule has 0 bridgehead atoms. The van der Waals surface area contributed by atoms with E-state index in [-0.39, 0.29) is 18.0 Å². The Balaban J connectivity index is 2.04. The highest BCUT2D eigenvalue weighted by Gasteiger charge is 2.41. The molecule has 0 unspecified atom stereocenters. The van der Waals surface area contributed by atoms with Gasteiger partial charge in [0, 0.05) is 12.7 Å². The lowest BCUT2D eigenvalue weighted by Crippen LogP contribution is -2.45. The summed E-state index contributed by atoms with van der Waals surface area (Å²) in [6.45, 7) is 2.17. The molecule has 0 saturated heterocycles. The van der Waals surface area contributed by atoms with Crippen LogP contribution in [0.15, 0.2) is 18.3 Å². The van der Waals surface area contributed by atoms with Crippen LogP contribution in [0.3, 0.4) is 0 Å². The van der Waals surface area contributed by atoms with Gasteiger partial charge in [0.25, 0.3) is 5.91 Å². The van der Waals surface area contributed by atoms with Crippen LogP contribution >= 0.6 is 0 Å². The van der Waals surface area contributed by atoms with E-state index in [9.17, 15) is 19.8 Å². The zero-order valence-electron chi connectivity index (χ0n) is 12.0. The fourth-order valence-corrected chi connectivity index (χ4v) is 2.69. The normalized spacial score (nSPS) is 25.3. The second-order valence-corrected chi connectivity index (χ2v) is 5.82. The fraction of sp³-hybridized carbons (Fsp3) is 0.533. The molecule has 1 amide bonds. The van der Waals surface area contributed by atoms with E-state index in [0.29, 0.717) is 18.8 Å². The summed E-state index contributed by atoms with van der Waals surface area (Å²) in [4.78, 5) is 27.4. The minimum atomic E-state index is -0.910. The summed E-state index contributed by atoms with van der Waals surface area (Å²) < 4.78 is 0. The van der Waals surface area contributed by atoms with Crippen molar-refractivity contribution in [3.05, 3.63) is 24.0 Å². The van der Waals surface area contributed by atoms with Crippen molar-refractivity contribution in [2.24, 2.45) is 11.3 Å². The van der Waals surface area contributed by atoms with Crippen LogP contribution in [0, 0.1) is 11.3 Å². The summed E-state index contributed by atoms with van der Waals surface area (Å²) in [5, 5.41) is 21.7. The smallest absolute Gasteiger partial charge is 0.311 e. The summed E-state index contributed by atoms with van der Waals surface area (Å²) in [5.74, 6) is -1.11. The Hall–Kier alpha value is -2.11. The predicted octanol–water partition coefficient (Wildman–Crippen LogP) is 1.80. The van der Waals surface area contributed by atoms with Crippen LogP contribution < -0.4 is 5.32 Å². The molecular weight excluding hydrogens is 272 g/mol. The molecule has 1 heterocycles. The van der Waals surface area contributed by atoms with Crippen molar-refractivity contribution in [3.63, 3.8) is 0 Å². The highest BCUT2D eigenvalue weighted by molar-refractivity contribution is 5.95. The van der Waals surface area contributed by atoms with Crippen LogP contribution in [-0.2, 0) is 4.79 Å². The molecule has 0 radical (unpaired) electrons. The number of amides is 1. The van der Waals surface area contributed by atoms with Crippen molar-refractivity contribution in [1.29, 1.82) is 0 Å². The van der Waals surface area contributed by atoms with Gasteiger partial charge >= 0.3 is 5.97 Å². The topological polar surface area (TPSA) is 99.5 Å². The lowest BCUT2D eigenvalue weighted by molar-refractivity contribution is -0.151. The second-order valence-electron chi connectivity index (χ2n) is 5.82. The van der Waals surface area contributed by atoms with E-state index in [4.69, 9.17) is 0 Å². The van der Waals surface area contributed by atoms with Crippen LogP contribution in [0.25, 0.3) is 0 Å². The molecule has 1 aliphatic carbocycles. The number of carbonyl (C=O) groups excluding carboxylic acids is 1. The number of pyridine rings is 1. The Morgan fingerprint density at radius 1 is 1.43 bits per heavy atom. The molecule has 0 aromatic carbocycles. The van der Waals surface area contributed by atoms with Gasteiger partial charge in [-0.2, -0.15) is 0 Å². The molecule has 3 N–H and O–H groups in total. The average molecular weight is 292 g/mol. The summed E-state index contributed by atoms with van der Waals surface area (Å²) in [5.41, 5.74) is -0.991.